The lowest BCUT2D eigenvalue weighted by Gasteiger charge is -2.50. The number of hydrogen-bond donors (Lipinski definition) is 2. The summed E-state index contributed by atoms with van der Waals surface area (Å²) < 4.78 is 16.7. The molecule has 0 aromatic carbocycles. The Balaban J connectivity index is 2.19. The Labute approximate surface area is 173 Å². The van der Waals surface area contributed by atoms with E-state index in [9.17, 15) is 29.4 Å². The van der Waals surface area contributed by atoms with E-state index in [1.165, 1.54) is 19.9 Å². The van der Waals surface area contributed by atoms with Gasteiger partial charge in [-0.25, -0.2) is 4.79 Å². The van der Waals surface area contributed by atoms with E-state index in [1.54, 1.807) is 6.92 Å². The first-order chi connectivity index (χ1) is 13.9. The molecule has 3 rings (SSSR count). The first-order valence-electron chi connectivity index (χ1n) is 9.58. The van der Waals surface area contributed by atoms with Gasteiger partial charge < -0.3 is 24.4 Å². The summed E-state index contributed by atoms with van der Waals surface area (Å²) in [7, 11) is 0. The maximum absolute atomic E-state index is 13.1. The Morgan fingerprint density at radius 2 is 1.93 bits per heavy atom. The van der Waals surface area contributed by atoms with Crippen molar-refractivity contribution in [1.82, 2.24) is 0 Å². The first-order valence-corrected chi connectivity index (χ1v) is 9.58. The van der Waals surface area contributed by atoms with Crippen LogP contribution in [0.4, 0.5) is 0 Å². The zero-order chi connectivity index (χ0) is 22.4. The van der Waals surface area contributed by atoms with Gasteiger partial charge in [-0.2, -0.15) is 0 Å². The van der Waals surface area contributed by atoms with E-state index in [-0.39, 0.29) is 22.8 Å². The van der Waals surface area contributed by atoms with Crippen LogP contribution >= 0.6 is 0 Å². The topological polar surface area (TPSA) is 136 Å². The largest absolute Gasteiger partial charge is 0.478 e. The molecule has 2 heterocycles. The Hall–Kier alpha value is -2.78. The smallest absolute Gasteiger partial charge is 0.330 e. The molecule has 0 saturated carbocycles. The highest BCUT2D eigenvalue weighted by atomic mass is 16.7. The summed E-state index contributed by atoms with van der Waals surface area (Å²) in [6.45, 7) is 5.41. The van der Waals surface area contributed by atoms with Gasteiger partial charge in [0, 0.05) is 12.5 Å². The summed E-state index contributed by atoms with van der Waals surface area (Å²) in [5.74, 6) is -6.32. The SMILES string of the molecule is CC(=O)O[C@@]1(C)C(=O)C=C2C(=CO[C@@]3(O[C@H](C)CC[C@H]3O)[C@@H]2/C=C(\C)C(=O)O)C1=O. The average Bonchev–Trinajstić information content (AvgIpc) is 2.65. The second-order valence-electron chi connectivity index (χ2n) is 7.94. The van der Waals surface area contributed by atoms with Crippen LogP contribution in [-0.4, -0.2) is 57.3 Å². The molecule has 0 aromatic heterocycles. The first kappa shape index (κ1) is 21.9. The van der Waals surface area contributed by atoms with Gasteiger partial charge in [-0.15, -0.1) is 0 Å². The third-order valence-corrected chi connectivity index (χ3v) is 5.67. The van der Waals surface area contributed by atoms with Crippen LogP contribution in [0.15, 0.2) is 35.1 Å². The standard InChI is InChI=1S/C21H24O9/c1-10(19(26)27)7-15-13-8-17(24)20(4,30-12(3)22)18(25)14(13)9-28-21(15)16(23)6-5-11(2)29-21/h7-9,11,15-16,23H,5-6H2,1-4H3,(H,26,27)/b10-7+/t11-,15-,16-,20+,21-/m1/s1. The molecule has 1 spiro atoms. The highest BCUT2D eigenvalue weighted by molar-refractivity contribution is 6.26. The van der Waals surface area contributed by atoms with E-state index < -0.39 is 46.9 Å². The number of aliphatic hydroxyl groups is 1. The van der Waals surface area contributed by atoms with Crippen LogP contribution in [0.5, 0.6) is 0 Å². The molecule has 0 amide bonds. The molecule has 1 saturated heterocycles. The molecule has 5 atom stereocenters. The van der Waals surface area contributed by atoms with Crippen LogP contribution in [0.3, 0.4) is 0 Å². The van der Waals surface area contributed by atoms with E-state index in [0.717, 1.165) is 19.3 Å². The lowest BCUT2D eigenvalue weighted by atomic mass is 9.71. The number of aliphatic hydroxyl groups excluding tert-OH is 1. The summed E-state index contributed by atoms with van der Waals surface area (Å²) >= 11 is 0. The number of aliphatic carboxylic acids is 1. The molecule has 9 heteroatoms. The van der Waals surface area contributed by atoms with Gasteiger partial charge in [-0.05, 0) is 45.3 Å². The third kappa shape index (κ3) is 3.37. The van der Waals surface area contributed by atoms with Gasteiger partial charge in [0.25, 0.3) is 0 Å². The summed E-state index contributed by atoms with van der Waals surface area (Å²) in [5.41, 5.74) is -2.02. The molecular weight excluding hydrogens is 396 g/mol. The van der Waals surface area contributed by atoms with Gasteiger partial charge in [0.15, 0.2) is 0 Å². The second-order valence-corrected chi connectivity index (χ2v) is 7.94. The molecule has 0 aromatic rings. The van der Waals surface area contributed by atoms with Gasteiger partial charge in [0.05, 0.1) is 23.9 Å². The fraction of sp³-hybridized carbons (Fsp3) is 0.524. The third-order valence-electron chi connectivity index (χ3n) is 5.67. The summed E-state index contributed by atoms with van der Waals surface area (Å²) in [6, 6.07) is 0. The van der Waals surface area contributed by atoms with Crippen molar-refractivity contribution >= 4 is 23.5 Å². The lowest BCUT2D eigenvalue weighted by Crippen LogP contribution is -2.60. The Morgan fingerprint density at radius 3 is 2.53 bits per heavy atom. The zero-order valence-corrected chi connectivity index (χ0v) is 17.1. The van der Waals surface area contributed by atoms with E-state index in [0.29, 0.717) is 12.8 Å². The number of ketones is 2. The zero-order valence-electron chi connectivity index (χ0n) is 17.1. The minimum absolute atomic E-state index is 0.0440. The molecule has 3 aliphatic rings. The van der Waals surface area contributed by atoms with Crippen molar-refractivity contribution in [3.05, 3.63) is 35.1 Å². The van der Waals surface area contributed by atoms with Crippen molar-refractivity contribution in [2.45, 2.75) is 64.1 Å². The minimum atomic E-state index is -2.05. The van der Waals surface area contributed by atoms with Crippen molar-refractivity contribution in [2.24, 2.45) is 5.92 Å². The molecule has 9 nitrogen and oxygen atoms in total. The molecule has 162 valence electrons. The molecule has 2 aliphatic heterocycles. The van der Waals surface area contributed by atoms with Crippen LogP contribution in [0.25, 0.3) is 0 Å². The number of esters is 1. The molecule has 1 aliphatic carbocycles. The van der Waals surface area contributed by atoms with Crippen LogP contribution < -0.4 is 0 Å². The minimum Gasteiger partial charge on any atom is -0.478 e. The lowest BCUT2D eigenvalue weighted by molar-refractivity contribution is -0.314. The number of carboxylic acid groups (broad SMARTS) is 1. The average molecular weight is 420 g/mol. The number of fused-ring (bicyclic) bond motifs is 1. The Kier molecular flexibility index (Phi) is 5.46. The van der Waals surface area contributed by atoms with E-state index in [1.807, 2.05) is 0 Å². The van der Waals surface area contributed by atoms with Crippen LogP contribution in [-0.2, 0) is 33.4 Å². The van der Waals surface area contributed by atoms with Crippen LogP contribution in [0, 0.1) is 5.92 Å². The molecule has 0 bridgehead atoms. The quantitative estimate of drug-likeness (QED) is 0.392. The van der Waals surface area contributed by atoms with Gasteiger partial charge >= 0.3 is 11.9 Å². The van der Waals surface area contributed by atoms with Crippen molar-refractivity contribution in [2.75, 3.05) is 0 Å². The number of carbonyl (C=O) groups excluding carboxylic acids is 3. The predicted molar refractivity (Wildman–Crippen MR) is 101 cm³/mol. The maximum atomic E-state index is 13.1. The van der Waals surface area contributed by atoms with Gasteiger partial charge in [-0.3, -0.25) is 14.4 Å². The number of Topliss-reactive ketones (excluding diaryl/α,β-unsaturated/α-hetero) is 1. The number of hydrogen-bond acceptors (Lipinski definition) is 8. The molecule has 2 N–H and O–H groups in total. The molecule has 0 unspecified atom stereocenters. The molecule has 0 radical (unpaired) electrons. The number of rotatable bonds is 3. The normalized spacial score (nSPS) is 36.4. The van der Waals surface area contributed by atoms with Crippen molar-refractivity contribution < 1.29 is 43.6 Å². The van der Waals surface area contributed by atoms with Crippen LogP contribution in [0.1, 0.15) is 40.5 Å². The van der Waals surface area contributed by atoms with E-state index >= 15 is 0 Å². The fourth-order valence-corrected chi connectivity index (χ4v) is 4.02. The number of ether oxygens (including phenoxy) is 3. The van der Waals surface area contributed by atoms with E-state index in [4.69, 9.17) is 14.2 Å². The predicted octanol–water partition coefficient (Wildman–Crippen LogP) is 1.20. The van der Waals surface area contributed by atoms with Crippen molar-refractivity contribution in [1.29, 1.82) is 0 Å². The van der Waals surface area contributed by atoms with Crippen LogP contribution in [0.2, 0.25) is 0 Å². The Morgan fingerprint density at radius 1 is 1.27 bits per heavy atom. The summed E-state index contributed by atoms with van der Waals surface area (Å²) in [4.78, 5) is 48.8. The summed E-state index contributed by atoms with van der Waals surface area (Å²) in [6.07, 6.45) is 2.95. The molecule has 30 heavy (non-hydrogen) atoms. The van der Waals surface area contributed by atoms with E-state index in [2.05, 4.69) is 0 Å². The van der Waals surface area contributed by atoms with Gasteiger partial charge in [-0.1, -0.05) is 6.08 Å². The Bertz CT molecular complexity index is 911. The summed E-state index contributed by atoms with van der Waals surface area (Å²) in [5, 5.41) is 20.1. The molecule has 1 fully saturated rings. The van der Waals surface area contributed by atoms with Gasteiger partial charge in [0.1, 0.15) is 6.10 Å². The highest BCUT2D eigenvalue weighted by Gasteiger charge is 2.59. The fourth-order valence-electron chi connectivity index (χ4n) is 4.02. The second kappa shape index (κ2) is 7.48. The number of carbonyl (C=O) groups is 4. The number of carboxylic acids is 1. The monoisotopic (exact) mass is 420 g/mol. The highest BCUT2D eigenvalue weighted by Crippen LogP contribution is 2.48. The van der Waals surface area contributed by atoms with Crippen molar-refractivity contribution in [3.63, 3.8) is 0 Å². The maximum Gasteiger partial charge on any atom is 0.330 e. The molecular formula is C21H24O9. The van der Waals surface area contributed by atoms with Crippen molar-refractivity contribution in [3.8, 4) is 0 Å². The van der Waals surface area contributed by atoms with Gasteiger partial charge in [0.2, 0.25) is 23.0 Å².